The fraction of sp³-hybridized carbons (Fsp3) is 0.364. The van der Waals surface area contributed by atoms with E-state index in [1.807, 2.05) is 0 Å². The Balaban J connectivity index is 3.02. The van der Waals surface area contributed by atoms with Gasteiger partial charge in [0.1, 0.15) is 17.9 Å². The lowest BCUT2D eigenvalue weighted by molar-refractivity contribution is -0.107. The molecule has 0 aliphatic carbocycles. The molecular weight excluding hydrogens is 202 g/mol. The molecular formula is C11H12F2O2. The van der Waals surface area contributed by atoms with Crippen molar-refractivity contribution in [3.05, 3.63) is 34.9 Å². The standard InChI is InChI=1S/C11H12F2O2/c1-7(15)4-8-5-10(12)9(2-3-14)11(13)6-8/h3,5-7,15H,2,4H2,1H3. The van der Waals surface area contributed by atoms with Crippen LogP contribution in [-0.4, -0.2) is 17.5 Å². The molecule has 0 saturated heterocycles. The summed E-state index contributed by atoms with van der Waals surface area (Å²) in [5.74, 6) is -1.48. The molecule has 1 N–H and O–H groups in total. The van der Waals surface area contributed by atoms with Gasteiger partial charge in [-0.3, -0.25) is 0 Å². The maximum atomic E-state index is 13.3. The number of carbonyl (C=O) groups is 1. The van der Waals surface area contributed by atoms with Gasteiger partial charge in [-0.25, -0.2) is 8.78 Å². The summed E-state index contributed by atoms with van der Waals surface area (Å²) in [4.78, 5) is 10.2. The van der Waals surface area contributed by atoms with E-state index in [1.54, 1.807) is 0 Å². The zero-order valence-electron chi connectivity index (χ0n) is 8.34. The summed E-state index contributed by atoms with van der Waals surface area (Å²) in [5.41, 5.74) is 0.161. The van der Waals surface area contributed by atoms with Crippen LogP contribution in [0.4, 0.5) is 8.78 Å². The third kappa shape index (κ3) is 3.09. The third-order valence-electron chi connectivity index (χ3n) is 2.02. The van der Waals surface area contributed by atoms with Crippen LogP contribution in [0.25, 0.3) is 0 Å². The monoisotopic (exact) mass is 214 g/mol. The Labute approximate surface area is 86.5 Å². The molecule has 4 heteroatoms. The number of benzene rings is 1. The third-order valence-corrected chi connectivity index (χ3v) is 2.02. The lowest BCUT2D eigenvalue weighted by Crippen LogP contribution is -2.06. The largest absolute Gasteiger partial charge is 0.393 e. The summed E-state index contributed by atoms with van der Waals surface area (Å²) in [5, 5.41) is 9.06. The van der Waals surface area contributed by atoms with Gasteiger partial charge in [0, 0.05) is 12.0 Å². The van der Waals surface area contributed by atoms with E-state index in [9.17, 15) is 13.6 Å². The summed E-state index contributed by atoms with van der Waals surface area (Å²) in [6, 6.07) is 2.29. The molecule has 0 saturated carbocycles. The molecule has 82 valence electrons. The average Bonchev–Trinajstić information content (AvgIpc) is 2.10. The van der Waals surface area contributed by atoms with Crippen LogP contribution < -0.4 is 0 Å². The normalized spacial score (nSPS) is 12.5. The summed E-state index contributed by atoms with van der Waals surface area (Å²) >= 11 is 0. The molecule has 0 aromatic heterocycles. The molecule has 1 aromatic carbocycles. The number of halogens is 2. The quantitative estimate of drug-likeness (QED) is 0.773. The van der Waals surface area contributed by atoms with Crippen molar-refractivity contribution in [3.63, 3.8) is 0 Å². The van der Waals surface area contributed by atoms with Crippen molar-refractivity contribution in [2.45, 2.75) is 25.9 Å². The molecule has 15 heavy (non-hydrogen) atoms. The van der Waals surface area contributed by atoms with Crippen LogP contribution in [0.5, 0.6) is 0 Å². The number of aliphatic hydroxyl groups excluding tert-OH is 1. The summed E-state index contributed by atoms with van der Waals surface area (Å²) in [7, 11) is 0. The number of rotatable bonds is 4. The SMILES string of the molecule is CC(O)Cc1cc(F)c(CC=O)c(F)c1. The van der Waals surface area contributed by atoms with E-state index in [4.69, 9.17) is 5.11 Å². The van der Waals surface area contributed by atoms with Crippen molar-refractivity contribution in [1.82, 2.24) is 0 Å². The minimum Gasteiger partial charge on any atom is -0.393 e. The van der Waals surface area contributed by atoms with Crippen LogP contribution in [0.1, 0.15) is 18.1 Å². The van der Waals surface area contributed by atoms with E-state index in [-0.39, 0.29) is 18.4 Å². The van der Waals surface area contributed by atoms with Crippen LogP contribution in [0.2, 0.25) is 0 Å². The highest BCUT2D eigenvalue weighted by Crippen LogP contribution is 2.16. The fourth-order valence-electron chi connectivity index (χ4n) is 1.39. The highest BCUT2D eigenvalue weighted by atomic mass is 19.1. The number of aliphatic hydroxyl groups is 1. The molecule has 1 rings (SSSR count). The van der Waals surface area contributed by atoms with Crippen LogP contribution in [0, 0.1) is 11.6 Å². The van der Waals surface area contributed by atoms with E-state index >= 15 is 0 Å². The van der Waals surface area contributed by atoms with Crippen LogP contribution in [0.15, 0.2) is 12.1 Å². The van der Waals surface area contributed by atoms with Crippen molar-refractivity contribution in [2.75, 3.05) is 0 Å². The van der Waals surface area contributed by atoms with Gasteiger partial charge in [-0.2, -0.15) is 0 Å². The topological polar surface area (TPSA) is 37.3 Å². The first-order valence-electron chi connectivity index (χ1n) is 4.63. The number of aldehydes is 1. The highest BCUT2D eigenvalue weighted by Gasteiger charge is 2.11. The maximum absolute atomic E-state index is 13.3. The van der Waals surface area contributed by atoms with Gasteiger partial charge in [0.05, 0.1) is 6.10 Å². The van der Waals surface area contributed by atoms with E-state index in [0.29, 0.717) is 11.8 Å². The Morgan fingerprint density at radius 1 is 1.40 bits per heavy atom. The van der Waals surface area contributed by atoms with E-state index in [1.165, 1.54) is 6.92 Å². The summed E-state index contributed by atoms with van der Waals surface area (Å²) in [6.07, 6.45) is -0.279. The summed E-state index contributed by atoms with van der Waals surface area (Å²) < 4.78 is 26.5. The summed E-state index contributed by atoms with van der Waals surface area (Å²) in [6.45, 7) is 1.54. The first-order chi connectivity index (χ1) is 7.04. The molecule has 0 amide bonds. The molecule has 0 bridgehead atoms. The second kappa shape index (κ2) is 4.98. The molecule has 0 radical (unpaired) electrons. The lowest BCUT2D eigenvalue weighted by Gasteiger charge is -2.07. The smallest absolute Gasteiger partial charge is 0.130 e. The van der Waals surface area contributed by atoms with Crippen molar-refractivity contribution < 1.29 is 18.7 Å². The zero-order chi connectivity index (χ0) is 11.4. The van der Waals surface area contributed by atoms with Gasteiger partial charge in [0.25, 0.3) is 0 Å². The molecule has 0 spiro atoms. The van der Waals surface area contributed by atoms with Crippen molar-refractivity contribution >= 4 is 6.29 Å². The molecule has 0 heterocycles. The first-order valence-corrected chi connectivity index (χ1v) is 4.63. The molecule has 0 aliphatic rings. The second-order valence-corrected chi connectivity index (χ2v) is 3.46. The minimum atomic E-state index is -0.738. The van der Waals surface area contributed by atoms with Crippen LogP contribution in [0.3, 0.4) is 0 Å². The van der Waals surface area contributed by atoms with Crippen LogP contribution >= 0.6 is 0 Å². The molecule has 1 unspecified atom stereocenters. The van der Waals surface area contributed by atoms with Crippen molar-refractivity contribution in [2.24, 2.45) is 0 Å². The molecule has 0 fully saturated rings. The Kier molecular flexibility index (Phi) is 3.91. The number of hydrogen-bond acceptors (Lipinski definition) is 2. The fourth-order valence-corrected chi connectivity index (χ4v) is 1.39. The van der Waals surface area contributed by atoms with E-state index < -0.39 is 17.7 Å². The van der Waals surface area contributed by atoms with Gasteiger partial charge >= 0.3 is 0 Å². The Hall–Kier alpha value is -1.29. The van der Waals surface area contributed by atoms with Gasteiger partial charge < -0.3 is 9.90 Å². The predicted molar refractivity (Wildman–Crippen MR) is 51.5 cm³/mol. The highest BCUT2D eigenvalue weighted by molar-refractivity contribution is 5.55. The Bertz CT molecular complexity index is 339. The predicted octanol–water partition coefficient (Wildman–Crippen LogP) is 1.63. The van der Waals surface area contributed by atoms with Crippen molar-refractivity contribution in [3.8, 4) is 0 Å². The number of carbonyl (C=O) groups excluding carboxylic acids is 1. The Morgan fingerprint density at radius 3 is 2.33 bits per heavy atom. The number of hydrogen-bond donors (Lipinski definition) is 1. The zero-order valence-corrected chi connectivity index (χ0v) is 8.34. The average molecular weight is 214 g/mol. The Morgan fingerprint density at radius 2 is 1.93 bits per heavy atom. The maximum Gasteiger partial charge on any atom is 0.130 e. The lowest BCUT2D eigenvalue weighted by atomic mass is 10.0. The van der Waals surface area contributed by atoms with E-state index in [0.717, 1.165) is 12.1 Å². The first kappa shape index (κ1) is 11.8. The van der Waals surface area contributed by atoms with Gasteiger partial charge in [-0.05, 0) is 31.0 Å². The van der Waals surface area contributed by atoms with Gasteiger partial charge in [-0.1, -0.05) is 0 Å². The van der Waals surface area contributed by atoms with Crippen LogP contribution in [-0.2, 0) is 17.6 Å². The van der Waals surface area contributed by atoms with Gasteiger partial charge in [0.15, 0.2) is 0 Å². The van der Waals surface area contributed by atoms with Gasteiger partial charge in [0.2, 0.25) is 0 Å². The molecule has 1 aromatic rings. The molecule has 0 aliphatic heterocycles. The minimum absolute atomic E-state index is 0.190. The van der Waals surface area contributed by atoms with Gasteiger partial charge in [-0.15, -0.1) is 0 Å². The molecule has 1 atom stereocenters. The molecule has 2 nitrogen and oxygen atoms in total. The van der Waals surface area contributed by atoms with Crippen molar-refractivity contribution in [1.29, 1.82) is 0 Å². The second-order valence-electron chi connectivity index (χ2n) is 3.46. The van der Waals surface area contributed by atoms with E-state index in [2.05, 4.69) is 0 Å².